The lowest BCUT2D eigenvalue weighted by Crippen LogP contribution is -2.38. The summed E-state index contributed by atoms with van der Waals surface area (Å²) in [4.78, 5) is 2.50. The van der Waals surface area contributed by atoms with Crippen LogP contribution < -0.4 is 10.6 Å². The molecule has 0 spiro atoms. The maximum atomic E-state index is 5.88. The molecule has 2 nitrogen and oxygen atoms in total. The van der Waals surface area contributed by atoms with Crippen molar-refractivity contribution in [3.8, 4) is 0 Å². The van der Waals surface area contributed by atoms with Gasteiger partial charge in [0.15, 0.2) is 0 Å². The second-order valence-corrected chi connectivity index (χ2v) is 6.03. The molecule has 18 heavy (non-hydrogen) atoms. The van der Waals surface area contributed by atoms with Crippen molar-refractivity contribution >= 4 is 5.69 Å². The number of anilines is 1. The number of hydrogen-bond acceptors (Lipinski definition) is 2. The third-order valence-corrected chi connectivity index (χ3v) is 4.61. The predicted molar refractivity (Wildman–Crippen MR) is 78.9 cm³/mol. The average Bonchev–Trinajstić information content (AvgIpc) is 2.40. The molecule has 0 bridgehead atoms. The number of rotatable bonds is 3. The van der Waals surface area contributed by atoms with Crippen LogP contribution in [0, 0.1) is 5.41 Å². The third kappa shape index (κ3) is 2.86. The van der Waals surface area contributed by atoms with E-state index >= 15 is 0 Å². The summed E-state index contributed by atoms with van der Waals surface area (Å²) in [5.41, 5.74) is 9.00. The van der Waals surface area contributed by atoms with Crippen LogP contribution in [0.4, 0.5) is 5.69 Å². The Kier molecular flexibility index (Phi) is 3.96. The van der Waals surface area contributed by atoms with E-state index in [0.29, 0.717) is 5.41 Å². The van der Waals surface area contributed by atoms with Crippen LogP contribution in [0.15, 0.2) is 24.3 Å². The van der Waals surface area contributed by atoms with Gasteiger partial charge in [0, 0.05) is 24.8 Å². The van der Waals surface area contributed by atoms with E-state index in [9.17, 15) is 0 Å². The van der Waals surface area contributed by atoms with Crippen molar-refractivity contribution in [1.29, 1.82) is 0 Å². The van der Waals surface area contributed by atoms with E-state index < -0.39 is 0 Å². The fourth-order valence-electron chi connectivity index (χ4n) is 2.65. The van der Waals surface area contributed by atoms with Gasteiger partial charge in [0.05, 0.1) is 0 Å². The highest BCUT2D eigenvalue weighted by Gasteiger charge is 2.28. The van der Waals surface area contributed by atoms with Gasteiger partial charge in [-0.1, -0.05) is 32.4 Å². The van der Waals surface area contributed by atoms with E-state index in [1.807, 2.05) is 6.92 Å². The number of nitrogens with two attached hydrogens (primary N) is 1. The molecule has 1 aliphatic rings. The average molecular weight is 246 g/mol. The van der Waals surface area contributed by atoms with Crippen LogP contribution in [-0.4, -0.2) is 13.1 Å². The summed E-state index contributed by atoms with van der Waals surface area (Å²) in [6, 6.07) is 8.88. The van der Waals surface area contributed by atoms with Crippen molar-refractivity contribution < 1.29 is 0 Å². The van der Waals surface area contributed by atoms with Gasteiger partial charge in [0.25, 0.3) is 0 Å². The highest BCUT2D eigenvalue weighted by molar-refractivity contribution is 5.48. The lowest BCUT2D eigenvalue weighted by molar-refractivity contribution is 0.238. The summed E-state index contributed by atoms with van der Waals surface area (Å²) in [6.45, 7) is 9.13. The molecular formula is C16H26N2. The molecule has 1 atom stereocenters. The molecule has 0 aliphatic carbocycles. The zero-order valence-electron chi connectivity index (χ0n) is 11.9. The lowest BCUT2D eigenvalue weighted by atomic mass is 9.78. The van der Waals surface area contributed by atoms with Gasteiger partial charge in [-0.3, -0.25) is 0 Å². The van der Waals surface area contributed by atoms with Crippen LogP contribution in [0.1, 0.15) is 51.6 Å². The summed E-state index contributed by atoms with van der Waals surface area (Å²) in [5, 5.41) is 0. The molecule has 2 heteroatoms. The standard InChI is InChI=1S/C16H26N2/c1-4-16(3)9-11-18(12-10-16)15-7-5-14(6-8-15)13(2)17/h5-8,13H,4,9-12,17H2,1-3H3/t13-/m0/s1. The van der Waals surface area contributed by atoms with Crippen LogP contribution in [-0.2, 0) is 0 Å². The fraction of sp³-hybridized carbons (Fsp3) is 0.625. The minimum atomic E-state index is 0.129. The van der Waals surface area contributed by atoms with E-state index in [2.05, 4.69) is 43.0 Å². The smallest absolute Gasteiger partial charge is 0.0366 e. The van der Waals surface area contributed by atoms with Crippen molar-refractivity contribution in [3.63, 3.8) is 0 Å². The number of piperidine rings is 1. The van der Waals surface area contributed by atoms with Gasteiger partial charge in [-0.2, -0.15) is 0 Å². The first kappa shape index (κ1) is 13.4. The van der Waals surface area contributed by atoms with Crippen LogP contribution >= 0.6 is 0 Å². The summed E-state index contributed by atoms with van der Waals surface area (Å²) in [7, 11) is 0. The molecule has 1 saturated heterocycles. The van der Waals surface area contributed by atoms with E-state index in [-0.39, 0.29) is 6.04 Å². The first-order valence-corrected chi connectivity index (χ1v) is 7.14. The molecule has 0 aromatic heterocycles. The molecule has 0 amide bonds. The van der Waals surface area contributed by atoms with Gasteiger partial charge in [-0.05, 0) is 42.9 Å². The van der Waals surface area contributed by atoms with Gasteiger partial charge in [-0.15, -0.1) is 0 Å². The van der Waals surface area contributed by atoms with E-state index in [4.69, 9.17) is 5.73 Å². The SMILES string of the molecule is CCC1(C)CCN(c2ccc([C@H](C)N)cc2)CC1. The second-order valence-electron chi connectivity index (χ2n) is 6.03. The van der Waals surface area contributed by atoms with Crippen molar-refractivity contribution in [1.82, 2.24) is 0 Å². The topological polar surface area (TPSA) is 29.3 Å². The Morgan fingerprint density at radius 3 is 2.22 bits per heavy atom. The summed E-state index contributed by atoms with van der Waals surface area (Å²) in [5.74, 6) is 0. The fourth-order valence-corrected chi connectivity index (χ4v) is 2.65. The van der Waals surface area contributed by atoms with Gasteiger partial charge >= 0.3 is 0 Å². The van der Waals surface area contributed by atoms with Crippen molar-refractivity contribution in [3.05, 3.63) is 29.8 Å². The van der Waals surface area contributed by atoms with Crippen LogP contribution in [0.5, 0.6) is 0 Å². The van der Waals surface area contributed by atoms with E-state index in [1.165, 1.54) is 43.6 Å². The first-order valence-electron chi connectivity index (χ1n) is 7.14. The van der Waals surface area contributed by atoms with E-state index in [0.717, 1.165) is 0 Å². The number of hydrogen-bond donors (Lipinski definition) is 1. The minimum Gasteiger partial charge on any atom is -0.371 e. The molecule has 0 radical (unpaired) electrons. The van der Waals surface area contributed by atoms with Crippen molar-refractivity contribution in [2.45, 2.75) is 46.1 Å². The highest BCUT2D eigenvalue weighted by atomic mass is 15.1. The van der Waals surface area contributed by atoms with Gasteiger partial charge in [0.2, 0.25) is 0 Å². The molecule has 0 unspecified atom stereocenters. The Balaban J connectivity index is 2.01. The molecule has 2 rings (SSSR count). The van der Waals surface area contributed by atoms with Crippen molar-refractivity contribution in [2.24, 2.45) is 11.1 Å². The maximum absolute atomic E-state index is 5.88. The first-order chi connectivity index (χ1) is 8.54. The van der Waals surface area contributed by atoms with Crippen LogP contribution in [0.25, 0.3) is 0 Å². The van der Waals surface area contributed by atoms with Gasteiger partial charge in [0.1, 0.15) is 0 Å². The second kappa shape index (κ2) is 5.31. The van der Waals surface area contributed by atoms with Crippen LogP contribution in [0.3, 0.4) is 0 Å². The highest BCUT2D eigenvalue weighted by Crippen LogP contribution is 2.35. The summed E-state index contributed by atoms with van der Waals surface area (Å²) >= 11 is 0. The zero-order chi connectivity index (χ0) is 13.2. The Labute approximate surface area is 111 Å². The van der Waals surface area contributed by atoms with E-state index in [1.54, 1.807) is 0 Å². The molecule has 1 heterocycles. The Morgan fingerprint density at radius 1 is 1.22 bits per heavy atom. The van der Waals surface area contributed by atoms with Gasteiger partial charge in [-0.25, -0.2) is 0 Å². The number of nitrogens with zero attached hydrogens (tertiary/aromatic N) is 1. The summed E-state index contributed by atoms with van der Waals surface area (Å²) < 4.78 is 0. The van der Waals surface area contributed by atoms with Gasteiger partial charge < -0.3 is 10.6 Å². The zero-order valence-corrected chi connectivity index (χ0v) is 11.9. The molecule has 1 aliphatic heterocycles. The maximum Gasteiger partial charge on any atom is 0.0366 e. The molecule has 2 N–H and O–H groups in total. The minimum absolute atomic E-state index is 0.129. The largest absolute Gasteiger partial charge is 0.371 e. The third-order valence-electron chi connectivity index (χ3n) is 4.61. The van der Waals surface area contributed by atoms with Crippen LogP contribution in [0.2, 0.25) is 0 Å². The van der Waals surface area contributed by atoms with Crippen molar-refractivity contribution in [2.75, 3.05) is 18.0 Å². The number of benzene rings is 1. The quantitative estimate of drug-likeness (QED) is 0.880. The molecule has 1 aromatic carbocycles. The molecule has 0 saturated carbocycles. The molecule has 1 aromatic rings. The molecule has 1 fully saturated rings. The molecular weight excluding hydrogens is 220 g/mol. The lowest BCUT2D eigenvalue weighted by Gasteiger charge is -2.40. The Hall–Kier alpha value is -1.02. The molecule has 100 valence electrons. The Bertz CT molecular complexity index is 373. The normalized spacial score (nSPS) is 20.8. The predicted octanol–water partition coefficient (Wildman–Crippen LogP) is 3.72. The monoisotopic (exact) mass is 246 g/mol. The Morgan fingerprint density at radius 2 is 1.78 bits per heavy atom. The summed E-state index contributed by atoms with van der Waals surface area (Å²) in [6.07, 6.45) is 3.90.